The average Bonchev–Trinajstić information content (AvgIpc) is 3.28. The smallest absolute Gasteiger partial charge is 0.329 e. The van der Waals surface area contributed by atoms with Gasteiger partial charge in [-0.15, -0.1) is 0 Å². The molecule has 0 spiro atoms. The molecule has 29 heavy (non-hydrogen) atoms. The zero-order valence-corrected chi connectivity index (χ0v) is 17.0. The number of hydrogen-bond acceptors (Lipinski definition) is 3. The molecule has 4 rings (SSSR count). The molecule has 152 valence electrons. The molecule has 6 heteroatoms. The van der Waals surface area contributed by atoms with Crippen molar-refractivity contribution < 1.29 is 19.2 Å². The summed E-state index contributed by atoms with van der Waals surface area (Å²) in [6.45, 7) is 5.72. The van der Waals surface area contributed by atoms with Crippen molar-refractivity contribution in [3.63, 3.8) is 0 Å². The monoisotopic (exact) mass is 394 g/mol. The second kappa shape index (κ2) is 7.87. The molecule has 0 aliphatic carbocycles. The lowest BCUT2D eigenvalue weighted by atomic mass is 9.92. The number of nitrogens with one attached hydrogen (secondary N) is 2. The standard InChI is InChI=1S/C23H27N3O3/c1-3-29-19-13-11-17(12-14-19)20-10-7-15-25(20)16-26-21(27)23(2,24-22(26)28)18-8-5-4-6-9-18/h4-6,8-9,11-14,20H,3,7,10,15-16H2,1-2H3,(H,24,28)/p+1/t20-,23+/m0/s1. The predicted octanol–water partition coefficient (Wildman–Crippen LogP) is 2.23. The Morgan fingerprint density at radius 1 is 1.14 bits per heavy atom. The summed E-state index contributed by atoms with van der Waals surface area (Å²) in [6, 6.07) is 17.6. The number of nitrogens with zero attached hydrogens (tertiary/aromatic N) is 1. The van der Waals surface area contributed by atoms with Crippen LogP contribution >= 0.6 is 0 Å². The minimum absolute atomic E-state index is 0.182. The van der Waals surface area contributed by atoms with Crippen molar-refractivity contribution >= 4 is 11.9 Å². The van der Waals surface area contributed by atoms with E-state index in [0.717, 1.165) is 30.7 Å². The minimum atomic E-state index is -1.01. The van der Waals surface area contributed by atoms with E-state index >= 15 is 0 Å². The molecule has 2 N–H and O–H groups in total. The van der Waals surface area contributed by atoms with Gasteiger partial charge in [-0.25, -0.2) is 9.69 Å². The average molecular weight is 394 g/mol. The molecule has 0 radical (unpaired) electrons. The minimum Gasteiger partial charge on any atom is -0.494 e. The van der Waals surface area contributed by atoms with Crippen LogP contribution in [0, 0.1) is 0 Å². The van der Waals surface area contributed by atoms with Gasteiger partial charge in [0, 0.05) is 18.4 Å². The Morgan fingerprint density at radius 2 is 1.86 bits per heavy atom. The summed E-state index contributed by atoms with van der Waals surface area (Å²) in [5.41, 5.74) is 1.02. The van der Waals surface area contributed by atoms with Crippen LogP contribution in [-0.2, 0) is 10.3 Å². The molecule has 6 nitrogen and oxygen atoms in total. The molecule has 3 amide bonds. The van der Waals surface area contributed by atoms with Gasteiger partial charge in [0.1, 0.15) is 17.3 Å². The molecule has 2 heterocycles. The lowest BCUT2D eigenvalue weighted by Crippen LogP contribution is -3.12. The summed E-state index contributed by atoms with van der Waals surface area (Å²) in [4.78, 5) is 28.5. The number of imide groups is 1. The summed E-state index contributed by atoms with van der Waals surface area (Å²) in [7, 11) is 0. The van der Waals surface area contributed by atoms with Crippen LogP contribution in [0.25, 0.3) is 0 Å². The normalized spacial score (nSPS) is 26.6. The lowest BCUT2D eigenvalue weighted by molar-refractivity contribution is -0.925. The number of benzene rings is 2. The van der Waals surface area contributed by atoms with E-state index in [1.807, 2.05) is 49.4 Å². The first-order valence-electron chi connectivity index (χ1n) is 10.3. The fourth-order valence-electron chi connectivity index (χ4n) is 4.48. The fraction of sp³-hybridized carbons (Fsp3) is 0.391. The van der Waals surface area contributed by atoms with E-state index in [9.17, 15) is 9.59 Å². The van der Waals surface area contributed by atoms with E-state index in [1.165, 1.54) is 15.4 Å². The van der Waals surface area contributed by atoms with E-state index in [1.54, 1.807) is 6.92 Å². The van der Waals surface area contributed by atoms with Gasteiger partial charge in [0.05, 0.1) is 13.2 Å². The van der Waals surface area contributed by atoms with Crippen LogP contribution in [0.15, 0.2) is 54.6 Å². The molecule has 0 bridgehead atoms. The Kier molecular flexibility index (Phi) is 5.28. The Labute approximate surface area is 171 Å². The van der Waals surface area contributed by atoms with Crippen molar-refractivity contribution in [1.29, 1.82) is 0 Å². The van der Waals surface area contributed by atoms with Crippen LogP contribution in [0.4, 0.5) is 4.79 Å². The number of carbonyl (C=O) groups is 2. The van der Waals surface area contributed by atoms with Crippen LogP contribution < -0.4 is 15.0 Å². The zero-order chi connectivity index (χ0) is 20.4. The van der Waals surface area contributed by atoms with Gasteiger partial charge in [0.2, 0.25) is 0 Å². The summed E-state index contributed by atoms with van der Waals surface area (Å²) in [5, 5.41) is 2.90. The molecule has 1 unspecified atom stereocenters. The summed E-state index contributed by atoms with van der Waals surface area (Å²) in [6.07, 6.45) is 2.12. The Hall–Kier alpha value is -2.86. The molecular weight excluding hydrogens is 366 g/mol. The fourth-order valence-corrected chi connectivity index (χ4v) is 4.48. The SMILES string of the molecule is CCOc1ccc([C@@H]2CCC[NH+]2CN2C(=O)N[C@](C)(c3ccccc3)C2=O)cc1. The van der Waals surface area contributed by atoms with Gasteiger partial charge in [-0.2, -0.15) is 0 Å². The summed E-state index contributed by atoms with van der Waals surface area (Å²) >= 11 is 0. The van der Waals surface area contributed by atoms with E-state index in [2.05, 4.69) is 17.4 Å². The van der Waals surface area contributed by atoms with Crippen molar-refractivity contribution in [2.45, 2.75) is 38.3 Å². The van der Waals surface area contributed by atoms with E-state index in [0.29, 0.717) is 13.3 Å². The van der Waals surface area contributed by atoms with Crippen LogP contribution in [0.2, 0.25) is 0 Å². The highest BCUT2D eigenvalue weighted by Crippen LogP contribution is 2.28. The largest absolute Gasteiger partial charge is 0.494 e. The predicted molar refractivity (Wildman–Crippen MR) is 109 cm³/mol. The second-order valence-electron chi connectivity index (χ2n) is 7.92. The van der Waals surface area contributed by atoms with E-state index in [-0.39, 0.29) is 18.0 Å². The Bertz CT molecular complexity index is 884. The van der Waals surface area contributed by atoms with Crippen molar-refractivity contribution in [3.8, 4) is 5.75 Å². The van der Waals surface area contributed by atoms with Crippen molar-refractivity contribution in [2.75, 3.05) is 19.8 Å². The van der Waals surface area contributed by atoms with Gasteiger partial charge in [-0.1, -0.05) is 30.3 Å². The van der Waals surface area contributed by atoms with Crippen LogP contribution in [-0.4, -0.2) is 36.7 Å². The van der Waals surface area contributed by atoms with Crippen LogP contribution in [0.3, 0.4) is 0 Å². The number of quaternary nitrogens is 1. The quantitative estimate of drug-likeness (QED) is 0.739. The highest BCUT2D eigenvalue weighted by molar-refractivity contribution is 6.07. The van der Waals surface area contributed by atoms with Crippen molar-refractivity contribution in [3.05, 3.63) is 65.7 Å². The number of ether oxygens (including phenoxy) is 1. The molecule has 0 aromatic heterocycles. The Balaban J connectivity index is 1.50. The maximum atomic E-state index is 13.2. The maximum Gasteiger partial charge on any atom is 0.329 e. The first kappa shape index (κ1) is 19.5. The lowest BCUT2D eigenvalue weighted by Gasteiger charge is -2.26. The number of likely N-dealkylation sites (tertiary alicyclic amines) is 1. The summed E-state index contributed by atoms with van der Waals surface area (Å²) in [5.74, 6) is 0.682. The van der Waals surface area contributed by atoms with E-state index in [4.69, 9.17) is 4.74 Å². The number of amides is 3. The molecular formula is C23H28N3O3+. The third-order valence-corrected chi connectivity index (χ3v) is 6.06. The molecule has 2 aromatic carbocycles. The van der Waals surface area contributed by atoms with Gasteiger partial charge < -0.3 is 15.0 Å². The number of hydrogen-bond donors (Lipinski definition) is 2. The molecule has 2 aromatic rings. The zero-order valence-electron chi connectivity index (χ0n) is 17.0. The molecule has 3 atom stereocenters. The second-order valence-corrected chi connectivity index (χ2v) is 7.92. The third-order valence-electron chi connectivity index (χ3n) is 6.06. The number of rotatable bonds is 6. The van der Waals surface area contributed by atoms with Gasteiger partial charge in [0.15, 0.2) is 6.67 Å². The van der Waals surface area contributed by atoms with Crippen LogP contribution in [0.1, 0.15) is 43.9 Å². The highest BCUT2D eigenvalue weighted by Gasteiger charge is 2.50. The molecule has 2 aliphatic rings. The van der Waals surface area contributed by atoms with Gasteiger partial charge >= 0.3 is 6.03 Å². The molecule has 0 saturated carbocycles. The molecule has 2 fully saturated rings. The highest BCUT2D eigenvalue weighted by atomic mass is 16.5. The molecule has 2 saturated heterocycles. The van der Waals surface area contributed by atoms with Crippen LogP contribution in [0.5, 0.6) is 5.75 Å². The van der Waals surface area contributed by atoms with E-state index < -0.39 is 5.54 Å². The first-order chi connectivity index (χ1) is 14.0. The van der Waals surface area contributed by atoms with Gasteiger partial charge in [0.25, 0.3) is 5.91 Å². The number of carbonyl (C=O) groups excluding carboxylic acids is 2. The van der Waals surface area contributed by atoms with Gasteiger partial charge in [-0.05, 0) is 43.7 Å². The third kappa shape index (κ3) is 3.60. The van der Waals surface area contributed by atoms with Gasteiger partial charge in [-0.3, -0.25) is 4.79 Å². The summed E-state index contributed by atoms with van der Waals surface area (Å²) < 4.78 is 5.54. The van der Waals surface area contributed by atoms with Crippen molar-refractivity contribution in [1.82, 2.24) is 10.2 Å². The Morgan fingerprint density at radius 3 is 2.55 bits per heavy atom. The number of urea groups is 1. The first-order valence-corrected chi connectivity index (χ1v) is 10.3. The van der Waals surface area contributed by atoms with Crippen molar-refractivity contribution in [2.24, 2.45) is 0 Å². The maximum absolute atomic E-state index is 13.2. The topological polar surface area (TPSA) is 63.1 Å². The molecule has 2 aliphatic heterocycles.